The molecular formula is C8H16N2O2. The van der Waals surface area contributed by atoms with Crippen molar-refractivity contribution in [1.29, 1.82) is 0 Å². The number of hydrogen-bond donors (Lipinski definition) is 2. The Kier molecular flexibility index (Phi) is 4.66. The van der Waals surface area contributed by atoms with E-state index in [0.717, 1.165) is 0 Å². The molecule has 0 rings (SSSR count). The van der Waals surface area contributed by atoms with E-state index in [9.17, 15) is 4.79 Å². The Bertz CT molecular complexity index is 140. The summed E-state index contributed by atoms with van der Waals surface area (Å²) in [6.07, 6.45) is -0.419. The van der Waals surface area contributed by atoms with Gasteiger partial charge >= 0.3 is 6.09 Å². The lowest BCUT2D eigenvalue weighted by atomic mass is 10.2. The van der Waals surface area contributed by atoms with Crippen LogP contribution in [0.2, 0.25) is 0 Å². The van der Waals surface area contributed by atoms with Crippen LogP contribution in [0.4, 0.5) is 4.79 Å². The minimum atomic E-state index is -0.444. The predicted molar refractivity (Wildman–Crippen MR) is 46.5 cm³/mol. The predicted octanol–water partition coefficient (Wildman–Crippen LogP) is 0.769. The second-order valence-electron chi connectivity index (χ2n) is 3.38. The average molecular weight is 172 g/mol. The number of hydrogen-bond acceptors (Lipinski definition) is 3. The van der Waals surface area contributed by atoms with Crippen LogP contribution in [0, 0.1) is 7.05 Å². The van der Waals surface area contributed by atoms with Gasteiger partial charge in [-0.3, -0.25) is 0 Å². The van der Waals surface area contributed by atoms with Crippen LogP contribution in [0.15, 0.2) is 0 Å². The van der Waals surface area contributed by atoms with Crippen LogP contribution in [-0.4, -0.2) is 24.8 Å². The fourth-order valence-corrected chi connectivity index (χ4v) is 0.551. The van der Waals surface area contributed by atoms with Crippen LogP contribution in [0.3, 0.4) is 0 Å². The first-order chi connectivity index (χ1) is 5.45. The molecule has 2 radical (unpaired) electrons. The van der Waals surface area contributed by atoms with E-state index in [4.69, 9.17) is 11.8 Å². The van der Waals surface area contributed by atoms with E-state index in [1.165, 1.54) is 0 Å². The number of rotatable bonds is 3. The molecule has 0 bridgehead atoms. The van der Waals surface area contributed by atoms with Crippen molar-refractivity contribution in [2.24, 2.45) is 0 Å². The summed E-state index contributed by atoms with van der Waals surface area (Å²) in [5.41, 5.74) is -0.444. The van der Waals surface area contributed by atoms with Crippen LogP contribution in [0.25, 0.3) is 0 Å². The molecule has 0 aromatic heterocycles. The molecule has 2 N–H and O–H groups in total. The zero-order chi connectivity index (χ0) is 9.61. The van der Waals surface area contributed by atoms with E-state index >= 15 is 0 Å². The van der Waals surface area contributed by atoms with E-state index in [-0.39, 0.29) is 0 Å². The normalized spacial score (nSPS) is 11.0. The van der Waals surface area contributed by atoms with Crippen molar-refractivity contribution in [2.75, 3.05) is 13.1 Å². The van der Waals surface area contributed by atoms with E-state index < -0.39 is 11.7 Å². The summed E-state index contributed by atoms with van der Waals surface area (Å²) in [6.45, 7) is 6.43. The van der Waals surface area contributed by atoms with Crippen molar-refractivity contribution in [3.8, 4) is 0 Å². The third-order valence-corrected chi connectivity index (χ3v) is 0.938. The van der Waals surface area contributed by atoms with Gasteiger partial charge in [-0.05, 0) is 20.8 Å². The highest BCUT2D eigenvalue weighted by Crippen LogP contribution is 2.05. The first-order valence-electron chi connectivity index (χ1n) is 3.86. The molecule has 4 nitrogen and oxygen atoms in total. The molecule has 0 fully saturated rings. The number of carbonyl (C=O) groups is 1. The molecule has 0 aliphatic heterocycles. The van der Waals surface area contributed by atoms with Gasteiger partial charge in [0.15, 0.2) is 0 Å². The SMILES string of the molecule is [CH]NCCNC(=O)OC(C)(C)C. The van der Waals surface area contributed by atoms with Crippen LogP contribution in [0.1, 0.15) is 20.8 Å². The maximum absolute atomic E-state index is 10.9. The minimum absolute atomic E-state index is 0.419. The van der Waals surface area contributed by atoms with Crippen LogP contribution >= 0.6 is 0 Å². The molecule has 0 saturated carbocycles. The second-order valence-corrected chi connectivity index (χ2v) is 3.38. The minimum Gasteiger partial charge on any atom is -0.444 e. The summed E-state index contributed by atoms with van der Waals surface area (Å²) in [4.78, 5) is 10.9. The van der Waals surface area contributed by atoms with Gasteiger partial charge in [0.25, 0.3) is 0 Å². The number of alkyl carbamates (subject to hydrolysis) is 1. The molecule has 0 heterocycles. The molecule has 0 aromatic rings. The van der Waals surface area contributed by atoms with Gasteiger partial charge in [0.2, 0.25) is 0 Å². The topological polar surface area (TPSA) is 50.4 Å². The quantitative estimate of drug-likeness (QED) is 0.488. The summed E-state index contributed by atoms with van der Waals surface area (Å²) in [7, 11) is 5.00. The maximum Gasteiger partial charge on any atom is 0.407 e. The Morgan fingerprint density at radius 3 is 2.42 bits per heavy atom. The molecule has 0 unspecified atom stereocenters. The van der Waals surface area contributed by atoms with Gasteiger partial charge in [-0.25, -0.2) is 4.79 Å². The molecular weight excluding hydrogens is 156 g/mol. The van der Waals surface area contributed by atoms with Crippen LogP contribution < -0.4 is 10.6 Å². The van der Waals surface area contributed by atoms with Crippen molar-refractivity contribution in [1.82, 2.24) is 10.6 Å². The molecule has 4 heteroatoms. The molecule has 12 heavy (non-hydrogen) atoms. The van der Waals surface area contributed by atoms with Crippen LogP contribution in [0.5, 0.6) is 0 Å². The summed E-state index contributed by atoms with van der Waals surface area (Å²) in [5.74, 6) is 0. The molecule has 1 amide bonds. The lowest BCUT2D eigenvalue weighted by Gasteiger charge is -2.19. The maximum atomic E-state index is 10.9. The molecule has 0 saturated heterocycles. The van der Waals surface area contributed by atoms with Crippen molar-refractivity contribution < 1.29 is 9.53 Å². The smallest absolute Gasteiger partial charge is 0.407 e. The van der Waals surface area contributed by atoms with Gasteiger partial charge in [0.1, 0.15) is 5.60 Å². The fraction of sp³-hybridized carbons (Fsp3) is 0.750. The molecule has 0 atom stereocenters. The fourth-order valence-electron chi connectivity index (χ4n) is 0.551. The number of amides is 1. The van der Waals surface area contributed by atoms with Gasteiger partial charge in [0, 0.05) is 20.1 Å². The summed E-state index contributed by atoms with van der Waals surface area (Å²) in [5, 5.41) is 4.95. The van der Waals surface area contributed by atoms with E-state index in [2.05, 4.69) is 10.6 Å². The zero-order valence-electron chi connectivity index (χ0n) is 7.81. The van der Waals surface area contributed by atoms with Crippen molar-refractivity contribution in [3.05, 3.63) is 7.05 Å². The Morgan fingerprint density at radius 1 is 1.42 bits per heavy atom. The van der Waals surface area contributed by atoms with Crippen molar-refractivity contribution >= 4 is 6.09 Å². The van der Waals surface area contributed by atoms with E-state index in [0.29, 0.717) is 13.1 Å². The highest BCUT2D eigenvalue weighted by atomic mass is 16.6. The van der Waals surface area contributed by atoms with Gasteiger partial charge in [-0.1, -0.05) is 0 Å². The molecule has 0 aromatic carbocycles. The molecule has 0 aliphatic carbocycles. The highest BCUT2D eigenvalue weighted by molar-refractivity contribution is 5.67. The first kappa shape index (κ1) is 11.2. The largest absolute Gasteiger partial charge is 0.444 e. The average Bonchev–Trinajstić information content (AvgIpc) is 1.84. The van der Waals surface area contributed by atoms with E-state index in [1.807, 2.05) is 20.8 Å². The van der Waals surface area contributed by atoms with Gasteiger partial charge in [-0.15, -0.1) is 0 Å². The molecule has 0 spiro atoms. The van der Waals surface area contributed by atoms with Crippen LogP contribution in [-0.2, 0) is 4.74 Å². The third kappa shape index (κ3) is 7.34. The third-order valence-electron chi connectivity index (χ3n) is 0.938. The van der Waals surface area contributed by atoms with Gasteiger partial charge < -0.3 is 15.4 Å². The standard InChI is InChI=1S/C8H16N2O2/c1-8(2,3)12-7(11)10-6-5-9-4/h4,9H,5-6H2,1-3H3,(H,10,11). The zero-order valence-corrected chi connectivity index (χ0v) is 7.81. The van der Waals surface area contributed by atoms with Crippen molar-refractivity contribution in [2.45, 2.75) is 26.4 Å². The lowest BCUT2D eigenvalue weighted by Crippen LogP contribution is -2.35. The first-order valence-corrected chi connectivity index (χ1v) is 3.86. The van der Waals surface area contributed by atoms with Gasteiger partial charge in [-0.2, -0.15) is 0 Å². The summed E-state index contributed by atoms with van der Waals surface area (Å²) < 4.78 is 4.97. The van der Waals surface area contributed by atoms with Crippen molar-refractivity contribution in [3.63, 3.8) is 0 Å². The Balaban J connectivity index is 3.47. The molecule has 70 valence electrons. The Morgan fingerprint density at radius 2 is 2.00 bits per heavy atom. The molecule has 0 aliphatic rings. The summed E-state index contributed by atoms with van der Waals surface area (Å²) in [6, 6.07) is 0. The lowest BCUT2D eigenvalue weighted by molar-refractivity contribution is 0.0529. The number of ether oxygens (including phenoxy) is 1. The van der Waals surface area contributed by atoms with E-state index in [1.54, 1.807) is 0 Å². The second kappa shape index (κ2) is 4.98. The highest BCUT2D eigenvalue weighted by Gasteiger charge is 2.14. The van der Waals surface area contributed by atoms with Gasteiger partial charge in [0.05, 0.1) is 0 Å². The summed E-state index contributed by atoms with van der Waals surface area (Å²) >= 11 is 0. The Hall–Kier alpha value is -0.770. The number of carbonyl (C=O) groups excluding carboxylic acids is 1. The number of nitrogens with one attached hydrogen (secondary N) is 2. The monoisotopic (exact) mass is 172 g/mol. The Labute approximate surface area is 73.7 Å².